The first-order chi connectivity index (χ1) is 27.7. The summed E-state index contributed by atoms with van der Waals surface area (Å²) in [4.78, 5) is 14.4. The molecule has 0 atom stereocenters. The summed E-state index contributed by atoms with van der Waals surface area (Å²) in [5.41, 5.74) is 13.2. The molecule has 5 heteroatoms. The Bertz CT molecular complexity index is 3220. The summed E-state index contributed by atoms with van der Waals surface area (Å²) >= 11 is 1.84. The highest BCUT2D eigenvalue weighted by Gasteiger charge is 2.19. The fourth-order valence-electron chi connectivity index (χ4n) is 7.85. The van der Waals surface area contributed by atoms with Gasteiger partial charge >= 0.3 is 0 Å². The number of pyridine rings is 1. The number of hydrogen-bond donors (Lipinski definition) is 0. The molecule has 0 N–H and O–H groups in total. The van der Waals surface area contributed by atoms with E-state index in [1.54, 1.807) is 0 Å². The van der Waals surface area contributed by atoms with E-state index in [1.165, 1.54) is 25.7 Å². The van der Waals surface area contributed by atoms with Gasteiger partial charge in [-0.2, -0.15) is 0 Å². The van der Waals surface area contributed by atoms with E-state index < -0.39 is 0 Å². The monoisotopic (exact) mass is 733 g/mol. The summed E-state index contributed by atoms with van der Waals surface area (Å²) in [5.74, 6) is 0.673. The molecule has 7 aromatic carbocycles. The van der Waals surface area contributed by atoms with Crippen molar-refractivity contribution in [3.8, 4) is 67.3 Å². The van der Waals surface area contributed by atoms with Crippen molar-refractivity contribution in [1.82, 2.24) is 15.0 Å². The minimum atomic E-state index is 0.673. The Labute approximate surface area is 327 Å². The number of rotatable bonds is 6. The lowest BCUT2D eigenvalue weighted by Crippen LogP contribution is -1.96. The topological polar surface area (TPSA) is 51.8 Å². The molecule has 0 unspecified atom stereocenters. The minimum absolute atomic E-state index is 0.673. The van der Waals surface area contributed by atoms with E-state index in [0.29, 0.717) is 5.82 Å². The molecule has 4 nitrogen and oxygen atoms in total. The van der Waals surface area contributed by atoms with Gasteiger partial charge in [-0.05, 0) is 70.3 Å². The van der Waals surface area contributed by atoms with Crippen LogP contribution in [0.2, 0.25) is 0 Å². The number of thiophene rings is 1. The molecule has 0 amide bonds. The van der Waals surface area contributed by atoms with Crippen LogP contribution in [-0.2, 0) is 0 Å². The van der Waals surface area contributed by atoms with Gasteiger partial charge in [0.25, 0.3) is 0 Å². The highest BCUT2D eigenvalue weighted by atomic mass is 32.1. The molecule has 4 heterocycles. The summed E-state index contributed by atoms with van der Waals surface area (Å²) in [6.45, 7) is 0. The average Bonchev–Trinajstić information content (AvgIpc) is 3.85. The fraction of sp³-hybridized carbons (Fsp3) is 0. The molecule has 0 aliphatic heterocycles. The number of aromatic nitrogens is 3. The van der Waals surface area contributed by atoms with Crippen LogP contribution in [-0.4, -0.2) is 15.0 Å². The van der Waals surface area contributed by atoms with Crippen LogP contribution in [0.1, 0.15) is 0 Å². The first kappa shape index (κ1) is 32.2. The summed E-state index contributed by atoms with van der Waals surface area (Å²) in [5, 5.41) is 4.84. The van der Waals surface area contributed by atoms with E-state index in [9.17, 15) is 0 Å². The minimum Gasteiger partial charge on any atom is -0.455 e. The van der Waals surface area contributed by atoms with Gasteiger partial charge in [0.05, 0.1) is 11.4 Å². The highest BCUT2D eigenvalue weighted by Crippen LogP contribution is 2.44. The largest absolute Gasteiger partial charge is 0.455 e. The van der Waals surface area contributed by atoms with Gasteiger partial charge in [-0.25, -0.2) is 9.97 Å². The Morgan fingerprint density at radius 1 is 0.393 bits per heavy atom. The van der Waals surface area contributed by atoms with Crippen LogP contribution in [0.4, 0.5) is 0 Å². The summed E-state index contributed by atoms with van der Waals surface area (Å²) in [6.07, 6.45) is 3.64. The SMILES string of the molecule is c1ccc(-c2cc(-c3ccc(-c4ccncc4)cc3)nc(-c3ccc(-c4ccc(-c5ccc6c(c5)sc5ccccc56)c5c4oc4ccccc45)cc3)n2)cc1. The number of fused-ring (bicyclic) bond motifs is 6. The highest BCUT2D eigenvalue weighted by molar-refractivity contribution is 7.25. The van der Waals surface area contributed by atoms with Crippen molar-refractivity contribution in [1.29, 1.82) is 0 Å². The molecule has 11 aromatic rings. The van der Waals surface area contributed by atoms with Gasteiger partial charge < -0.3 is 4.42 Å². The zero-order valence-corrected chi connectivity index (χ0v) is 30.9. The lowest BCUT2D eigenvalue weighted by molar-refractivity contribution is 0.670. The van der Waals surface area contributed by atoms with E-state index in [2.05, 4.69) is 145 Å². The van der Waals surface area contributed by atoms with Crippen molar-refractivity contribution in [3.63, 3.8) is 0 Å². The van der Waals surface area contributed by atoms with E-state index >= 15 is 0 Å². The maximum absolute atomic E-state index is 6.69. The Morgan fingerprint density at radius 2 is 0.982 bits per heavy atom. The maximum Gasteiger partial charge on any atom is 0.160 e. The zero-order valence-electron chi connectivity index (χ0n) is 30.1. The Balaban J connectivity index is 0.998. The summed E-state index contributed by atoms with van der Waals surface area (Å²) in [7, 11) is 0. The normalized spacial score (nSPS) is 11.6. The lowest BCUT2D eigenvalue weighted by atomic mass is 9.94. The van der Waals surface area contributed by atoms with Crippen LogP contribution in [0.25, 0.3) is 109 Å². The molecule has 0 saturated carbocycles. The Kier molecular flexibility index (Phi) is 7.64. The van der Waals surface area contributed by atoms with Crippen LogP contribution >= 0.6 is 11.3 Å². The average molecular weight is 734 g/mol. The predicted octanol–water partition coefficient (Wildman–Crippen LogP) is 14.1. The Hall–Kier alpha value is -7.21. The summed E-state index contributed by atoms with van der Waals surface area (Å²) in [6, 6.07) is 61.8. The first-order valence-corrected chi connectivity index (χ1v) is 19.5. The third-order valence-electron chi connectivity index (χ3n) is 10.7. The molecule has 0 aliphatic carbocycles. The number of benzene rings is 7. The molecule has 0 aliphatic rings. The van der Waals surface area contributed by atoms with Gasteiger partial charge in [-0.3, -0.25) is 4.98 Å². The lowest BCUT2D eigenvalue weighted by Gasteiger charge is -2.11. The van der Waals surface area contributed by atoms with Crippen molar-refractivity contribution in [3.05, 3.63) is 188 Å². The number of furan rings is 1. The van der Waals surface area contributed by atoms with Crippen LogP contribution in [0, 0.1) is 0 Å². The van der Waals surface area contributed by atoms with Crippen molar-refractivity contribution in [2.24, 2.45) is 0 Å². The molecule has 0 fully saturated rings. The van der Waals surface area contributed by atoms with Gasteiger partial charge in [0.15, 0.2) is 5.82 Å². The molecule has 0 saturated heterocycles. The molecule has 11 rings (SSSR count). The molecule has 0 spiro atoms. The van der Waals surface area contributed by atoms with Crippen LogP contribution in [0.15, 0.2) is 193 Å². The third kappa shape index (κ3) is 5.56. The van der Waals surface area contributed by atoms with Crippen molar-refractivity contribution in [2.45, 2.75) is 0 Å². The Morgan fingerprint density at radius 3 is 1.79 bits per heavy atom. The molecular formula is C51H31N3OS. The van der Waals surface area contributed by atoms with Crippen LogP contribution < -0.4 is 0 Å². The fourth-order valence-corrected chi connectivity index (χ4v) is 8.99. The quantitative estimate of drug-likeness (QED) is 0.171. The molecular weight excluding hydrogens is 703 g/mol. The predicted molar refractivity (Wildman–Crippen MR) is 233 cm³/mol. The number of hydrogen-bond acceptors (Lipinski definition) is 5. The second-order valence-electron chi connectivity index (χ2n) is 14.0. The van der Waals surface area contributed by atoms with Crippen LogP contribution in [0.3, 0.4) is 0 Å². The van der Waals surface area contributed by atoms with Gasteiger partial charge in [-0.1, -0.05) is 133 Å². The van der Waals surface area contributed by atoms with Crippen molar-refractivity contribution < 1.29 is 4.42 Å². The second kappa shape index (κ2) is 13.3. The number of nitrogens with zero attached hydrogens (tertiary/aromatic N) is 3. The molecule has 262 valence electrons. The first-order valence-electron chi connectivity index (χ1n) is 18.7. The van der Waals surface area contributed by atoms with E-state index in [0.717, 1.165) is 77.8 Å². The van der Waals surface area contributed by atoms with Crippen LogP contribution in [0.5, 0.6) is 0 Å². The standard InChI is InChI=1S/C51H31N3OS/c1-2-8-35(9-3-1)44-31-45(36-18-14-32(15-19-36)33-26-28-52-29-27-33)54-51(53-44)37-20-16-34(17-21-37)40-25-24-39(49-43-11-4-6-12-46(43)55-50(40)49)38-22-23-42-41-10-5-7-13-47(41)56-48(42)30-38/h1-31H. The summed E-state index contributed by atoms with van der Waals surface area (Å²) < 4.78 is 9.28. The van der Waals surface area contributed by atoms with Gasteiger partial charge in [0, 0.05) is 65.6 Å². The maximum atomic E-state index is 6.69. The zero-order chi connectivity index (χ0) is 37.0. The van der Waals surface area contributed by atoms with E-state index in [1.807, 2.05) is 60.1 Å². The smallest absolute Gasteiger partial charge is 0.160 e. The van der Waals surface area contributed by atoms with Crippen molar-refractivity contribution >= 4 is 53.4 Å². The molecule has 0 radical (unpaired) electrons. The number of para-hydroxylation sites is 1. The molecule has 0 bridgehead atoms. The molecule has 4 aromatic heterocycles. The van der Waals surface area contributed by atoms with E-state index in [-0.39, 0.29) is 0 Å². The van der Waals surface area contributed by atoms with Gasteiger partial charge in [0.2, 0.25) is 0 Å². The van der Waals surface area contributed by atoms with Crippen molar-refractivity contribution in [2.75, 3.05) is 0 Å². The van der Waals surface area contributed by atoms with E-state index in [4.69, 9.17) is 14.4 Å². The molecule has 56 heavy (non-hydrogen) atoms. The van der Waals surface area contributed by atoms with Gasteiger partial charge in [-0.15, -0.1) is 11.3 Å². The second-order valence-corrected chi connectivity index (χ2v) is 15.1. The van der Waals surface area contributed by atoms with Gasteiger partial charge in [0.1, 0.15) is 11.2 Å². The third-order valence-corrected chi connectivity index (χ3v) is 11.8.